The van der Waals surface area contributed by atoms with Crippen LogP contribution >= 0.6 is 0 Å². The number of piperazine rings is 1. The number of nitrogens with zero attached hydrogens (tertiary/aromatic N) is 3. The lowest BCUT2D eigenvalue weighted by Gasteiger charge is -2.38. The Morgan fingerprint density at radius 3 is 2.65 bits per heavy atom. The van der Waals surface area contributed by atoms with E-state index in [2.05, 4.69) is 4.98 Å². The maximum atomic E-state index is 13.1. The monoisotopic (exact) mass is 421 g/mol. The average Bonchev–Trinajstić information content (AvgIpc) is 3.16. The molecule has 160 valence electrons. The third-order valence-corrected chi connectivity index (χ3v) is 5.54. The summed E-state index contributed by atoms with van der Waals surface area (Å²) in [5.41, 5.74) is 2.11. The van der Waals surface area contributed by atoms with Crippen molar-refractivity contribution >= 4 is 34.5 Å². The predicted molar refractivity (Wildman–Crippen MR) is 115 cm³/mol. The van der Waals surface area contributed by atoms with Crippen molar-refractivity contribution in [2.45, 2.75) is 12.5 Å². The molecule has 1 fully saturated rings. The molecule has 0 spiro atoms. The van der Waals surface area contributed by atoms with E-state index in [4.69, 9.17) is 0 Å². The van der Waals surface area contributed by atoms with Crippen LogP contribution in [0.1, 0.15) is 11.1 Å². The molecular weight excluding hydrogens is 400 g/mol. The highest BCUT2D eigenvalue weighted by Gasteiger charge is 2.39. The zero-order valence-electron chi connectivity index (χ0n) is 16.9. The van der Waals surface area contributed by atoms with Gasteiger partial charge in [0.1, 0.15) is 17.5 Å². The molecular formula is C22H21N4O5-. The van der Waals surface area contributed by atoms with Gasteiger partial charge in [-0.15, -0.1) is 0 Å². The normalized spacial score (nSPS) is 18.3. The molecule has 4 rings (SSSR count). The van der Waals surface area contributed by atoms with E-state index >= 15 is 0 Å². The highest BCUT2D eigenvalue weighted by atomic mass is 16.8. The van der Waals surface area contributed by atoms with E-state index in [9.17, 15) is 25.1 Å². The number of rotatable bonds is 4. The van der Waals surface area contributed by atoms with Gasteiger partial charge >= 0.3 is 0 Å². The van der Waals surface area contributed by atoms with Crippen LogP contribution in [-0.2, 0) is 16.0 Å². The molecule has 0 bridgehead atoms. The molecule has 9 nitrogen and oxygen atoms in total. The molecule has 1 aliphatic heterocycles. The van der Waals surface area contributed by atoms with Crippen LogP contribution in [0.3, 0.4) is 0 Å². The van der Waals surface area contributed by atoms with Crippen molar-refractivity contribution in [3.8, 4) is 5.75 Å². The predicted octanol–water partition coefficient (Wildman–Crippen LogP) is 2.45. The lowest BCUT2D eigenvalue weighted by molar-refractivity contribution is -0.148. The molecule has 2 amide bonds. The number of hydrogen-bond acceptors (Lipinski definition) is 6. The van der Waals surface area contributed by atoms with E-state index in [0.717, 1.165) is 0 Å². The van der Waals surface area contributed by atoms with Gasteiger partial charge in [0.15, 0.2) is 0 Å². The number of phenols is 1. The number of H-pyrrole nitrogens is 1. The average molecular weight is 421 g/mol. The lowest BCUT2D eigenvalue weighted by Crippen LogP contribution is -2.56. The summed E-state index contributed by atoms with van der Waals surface area (Å²) in [4.78, 5) is 31.9. The van der Waals surface area contributed by atoms with Crippen molar-refractivity contribution in [1.29, 1.82) is 0 Å². The Kier molecular flexibility index (Phi) is 5.14. The summed E-state index contributed by atoms with van der Waals surface area (Å²) in [7, 11) is 3.08. The molecule has 9 heteroatoms. The number of benzene rings is 2. The van der Waals surface area contributed by atoms with E-state index < -0.39 is 6.04 Å². The molecule has 2 aromatic carbocycles. The molecule has 1 unspecified atom stereocenters. The Labute approximate surface area is 177 Å². The first kappa shape index (κ1) is 20.5. The quantitative estimate of drug-likeness (QED) is 0.439. The van der Waals surface area contributed by atoms with Gasteiger partial charge in [0.2, 0.25) is 5.91 Å². The van der Waals surface area contributed by atoms with Gasteiger partial charge in [-0.05, 0) is 41.5 Å². The van der Waals surface area contributed by atoms with Crippen molar-refractivity contribution < 1.29 is 19.9 Å². The zero-order chi connectivity index (χ0) is 22.3. The van der Waals surface area contributed by atoms with Gasteiger partial charge in [-0.2, -0.15) is 0 Å². The number of likely N-dealkylation sites (N-methyl/N-ethyl adjacent to an activating group) is 2. The lowest BCUT2D eigenvalue weighted by atomic mass is 9.99. The number of nitrogens with one attached hydrogen (secondary N) is 1. The number of carbonyl (C=O) groups excluding carboxylic acids is 2. The number of aromatic hydroxyl groups is 1. The molecule has 0 saturated carbocycles. The fourth-order valence-corrected chi connectivity index (χ4v) is 3.89. The first-order chi connectivity index (χ1) is 14.8. The molecule has 2 heterocycles. The van der Waals surface area contributed by atoms with Crippen LogP contribution in [0.4, 0.5) is 5.69 Å². The molecule has 3 N–H and O–H groups in total. The van der Waals surface area contributed by atoms with Gasteiger partial charge in [-0.25, -0.2) is 0 Å². The minimum absolute atomic E-state index is 0.0591. The van der Waals surface area contributed by atoms with Crippen LogP contribution in [0.25, 0.3) is 17.0 Å². The molecule has 3 aromatic rings. The fraction of sp³-hybridized carbons (Fsp3) is 0.182. The second-order valence-electron chi connectivity index (χ2n) is 7.44. The van der Waals surface area contributed by atoms with Crippen LogP contribution in [0.5, 0.6) is 5.75 Å². The maximum Gasteiger partial charge on any atom is 0.271 e. The van der Waals surface area contributed by atoms with E-state index in [-0.39, 0.29) is 40.6 Å². The first-order valence-corrected chi connectivity index (χ1v) is 9.58. The maximum absolute atomic E-state index is 13.1. The standard InChI is InChI=1S/C22H21N4O5/c1-24-18(10-13-5-3-6-15(27)9-13)21(28)25(2)19(22(24)29)11-14-12-23-16-7-4-8-17(20(14)16)26(30)31/h3-10,12,19,23,27,30H,11H2,1-2H3/q-1. The van der Waals surface area contributed by atoms with E-state index in [0.29, 0.717) is 22.0 Å². The van der Waals surface area contributed by atoms with Gasteiger partial charge in [-0.3, -0.25) is 14.8 Å². The fourth-order valence-electron chi connectivity index (χ4n) is 3.89. The number of aromatic nitrogens is 1. The topological polar surface area (TPSA) is 123 Å². The molecule has 1 aromatic heterocycles. The highest BCUT2D eigenvalue weighted by Crippen LogP contribution is 2.31. The Bertz CT molecular complexity index is 1200. The van der Waals surface area contributed by atoms with E-state index in [1.54, 1.807) is 43.6 Å². The van der Waals surface area contributed by atoms with Crippen molar-refractivity contribution in [1.82, 2.24) is 14.8 Å². The number of aromatic amines is 1. The van der Waals surface area contributed by atoms with Gasteiger partial charge < -0.3 is 30.3 Å². The van der Waals surface area contributed by atoms with Crippen LogP contribution in [0.2, 0.25) is 0 Å². The minimum Gasteiger partial charge on any atom is -0.733 e. The van der Waals surface area contributed by atoms with Gasteiger partial charge in [0.05, 0.1) is 5.69 Å². The van der Waals surface area contributed by atoms with E-state index in [1.165, 1.54) is 35.0 Å². The summed E-state index contributed by atoms with van der Waals surface area (Å²) in [5.74, 6) is -0.573. The van der Waals surface area contributed by atoms with Crippen molar-refractivity contribution in [3.05, 3.63) is 70.7 Å². The smallest absolute Gasteiger partial charge is 0.271 e. The summed E-state index contributed by atoms with van der Waals surface area (Å²) < 4.78 is 0. The third kappa shape index (κ3) is 3.60. The molecule has 0 radical (unpaired) electrons. The molecule has 1 aliphatic rings. The molecule has 1 saturated heterocycles. The molecule has 31 heavy (non-hydrogen) atoms. The Morgan fingerprint density at radius 2 is 1.94 bits per heavy atom. The number of carbonyl (C=O) groups is 2. The van der Waals surface area contributed by atoms with Gasteiger partial charge in [0.25, 0.3) is 5.91 Å². The summed E-state index contributed by atoms with van der Waals surface area (Å²) in [6.45, 7) is 0. The second-order valence-corrected chi connectivity index (χ2v) is 7.44. The number of fused-ring (bicyclic) bond motifs is 1. The minimum atomic E-state index is -0.787. The number of amides is 2. The third-order valence-electron chi connectivity index (χ3n) is 5.54. The van der Waals surface area contributed by atoms with Crippen LogP contribution in [-0.4, -0.2) is 57.0 Å². The molecule has 0 aliphatic carbocycles. The highest BCUT2D eigenvalue weighted by molar-refractivity contribution is 6.07. The SMILES string of the molecule is CN1C(=O)C(Cc2c[nH]c3cccc(N([O-])O)c23)N(C)C(=O)C1=Cc1cccc(O)c1. The first-order valence-electron chi connectivity index (χ1n) is 9.58. The molecule has 1 atom stereocenters. The zero-order valence-corrected chi connectivity index (χ0v) is 16.9. The largest absolute Gasteiger partial charge is 0.733 e. The summed E-state index contributed by atoms with van der Waals surface area (Å²) in [5, 5.41) is 31.0. The number of hydrogen-bond donors (Lipinski definition) is 3. The Hall–Kier alpha value is -3.82. The van der Waals surface area contributed by atoms with Crippen molar-refractivity contribution in [2.24, 2.45) is 0 Å². The van der Waals surface area contributed by atoms with Gasteiger partial charge in [0, 0.05) is 37.6 Å². The van der Waals surface area contributed by atoms with Crippen LogP contribution in [0.15, 0.2) is 54.4 Å². The number of phenolic OH excluding ortho intramolecular Hbond substituents is 1. The Balaban J connectivity index is 1.67. The summed E-state index contributed by atoms with van der Waals surface area (Å²) in [6.07, 6.45) is 3.38. The second kappa shape index (κ2) is 7.78. The van der Waals surface area contributed by atoms with Crippen molar-refractivity contribution in [2.75, 3.05) is 19.3 Å². The van der Waals surface area contributed by atoms with Crippen LogP contribution < -0.4 is 5.23 Å². The van der Waals surface area contributed by atoms with E-state index in [1.807, 2.05) is 0 Å². The Morgan fingerprint density at radius 1 is 1.19 bits per heavy atom. The van der Waals surface area contributed by atoms with Gasteiger partial charge in [-0.1, -0.05) is 18.2 Å². The summed E-state index contributed by atoms with van der Waals surface area (Å²) in [6, 6.07) is 10.5. The van der Waals surface area contributed by atoms with Crippen molar-refractivity contribution in [3.63, 3.8) is 0 Å². The number of anilines is 1. The summed E-state index contributed by atoms with van der Waals surface area (Å²) >= 11 is 0. The van der Waals surface area contributed by atoms with Crippen LogP contribution in [0, 0.1) is 5.21 Å².